The maximum absolute atomic E-state index is 10.9. The van der Waals surface area contributed by atoms with Gasteiger partial charge in [0, 0.05) is 10.6 Å². The normalized spacial score (nSPS) is 25.8. The van der Waals surface area contributed by atoms with Gasteiger partial charge in [-0.25, -0.2) is 5.14 Å². The van der Waals surface area contributed by atoms with E-state index in [1.54, 1.807) is 32.0 Å². The van der Waals surface area contributed by atoms with Crippen LogP contribution in [0.25, 0.3) is 0 Å². The van der Waals surface area contributed by atoms with Crippen LogP contribution in [0.1, 0.15) is 25.5 Å². The van der Waals surface area contributed by atoms with Crippen LogP contribution < -0.4 is 5.14 Å². The average molecular weight is 322 g/mol. The van der Waals surface area contributed by atoms with E-state index in [2.05, 4.69) is 4.18 Å². The highest BCUT2D eigenvalue weighted by Crippen LogP contribution is 2.40. The molecule has 1 fully saturated rings. The number of ether oxygens (including phenoxy) is 2. The Morgan fingerprint density at radius 3 is 2.60 bits per heavy atom. The van der Waals surface area contributed by atoms with Gasteiger partial charge < -0.3 is 9.47 Å². The first-order valence-corrected chi connectivity index (χ1v) is 7.80. The molecule has 0 saturated carbocycles. The Hall–Kier alpha value is -0.700. The lowest BCUT2D eigenvalue weighted by molar-refractivity contribution is -0.148. The third kappa shape index (κ3) is 3.91. The Morgan fingerprint density at radius 2 is 2.00 bits per heavy atom. The molecule has 0 aromatic heterocycles. The fraction of sp³-hybridized carbons (Fsp3) is 0.500. The second-order valence-electron chi connectivity index (χ2n) is 4.89. The van der Waals surface area contributed by atoms with Crippen LogP contribution in [0.2, 0.25) is 5.02 Å². The molecule has 0 bridgehead atoms. The lowest BCUT2D eigenvalue weighted by Gasteiger charge is -2.17. The molecule has 0 spiro atoms. The van der Waals surface area contributed by atoms with E-state index in [1.165, 1.54) is 0 Å². The van der Waals surface area contributed by atoms with Gasteiger partial charge in [0.05, 0.1) is 6.61 Å². The van der Waals surface area contributed by atoms with Crippen LogP contribution in [0.15, 0.2) is 24.3 Å². The van der Waals surface area contributed by atoms with Crippen molar-refractivity contribution in [1.29, 1.82) is 0 Å². The van der Waals surface area contributed by atoms with Crippen molar-refractivity contribution in [2.24, 2.45) is 5.14 Å². The van der Waals surface area contributed by atoms with Gasteiger partial charge in [-0.1, -0.05) is 29.8 Å². The van der Waals surface area contributed by atoms with E-state index in [4.69, 9.17) is 26.2 Å². The van der Waals surface area contributed by atoms with E-state index in [1.807, 2.05) is 6.07 Å². The molecule has 1 aliphatic heterocycles. The van der Waals surface area contributed by atoms with Gasteiger partial charge in [-0.05, 0) is 19.9 Å². The molecule has 112 valence electrons. The van der Waals surface area contributed by atoms with Crippen molar-refractivity contribution >= 4 is 21.9 Å². The fourth-order valence-electron chi connectivity index (χ4n) is 2.09. The smallest absolute Gasteiger partial charge is 0.333 e. The molecule has 2 atom stereocenters. The molecule has 6 nitrogen and oxygen atoms in total. The molecule has 1 aromatic rings. The SMILES string of the molecule is CC1(C)O[C@@H](COS(N)(=O)=O)[C@H](c2ccccc2Cl)O1. The molecule has 0 unspecified atom stereocenters. The highest BCUT2D eigenvalue weighted by atomic mass is 35.5. The van der Waals surface area contributed by atoms with Gasteiger partial charge in [0.2, 0.25) is 0 Å². The summed E-state index contributed by atoms with van der Waals surface area (Å²) < 4.78 is 37.8. The Labute approximate surface area is 123 Å². The van der Waals surface area contributed by atoms with Crippen LogP contribution >= 0.6 is 11.6 Å². The van der Waals surface area contributed by atoms with Crippen molar-refractivity contribution in [2.45, 2.75) is 31.8 Å². The van der Waals surface area contributed by atoms with Crippen LogP contribution in [0, 0.1) is 0 Å². The molecule has 0 amide bonds. The zero-order valence-electron chi connectivity index (χ0n) is 11.1. The Morgan fingerprint density at radius 1 is 1.35 bits per heavy atom. The predicted molar refractivity (Wildman–Crippen MR) is 73.3 cm³/mol. The molecule has 20 heavy (non-hydrogen) atoms. The van der Waals surface area contributed by atoms with Crippen LogP contribution in [0.5, 0.6) is 0 Å². The molecular weight excluding hydrogens is 306 g/mol. The number of halogens is 1. The second-order valence-corrected chi connectivity index (χ2v) is 6.52. The summed E-state index contributed by atoms with van der Waals surface area (Å²) in [7, 11) is -4.03. The first-order valence-electron chi connectivity index (χ1n) is 5.95. The number of benzene rings is 1. The number of hydrogen-bond donors (Lipinski definition) is 1. The van der Waals surface area contributed by atoms with Crippen molar-refractivity contribution < 1.29 is 22.1 Å². The van der Waals surface area contributed by atoms with Gasteiger partial charge in [0.15, 0.2) is 5.79 Å². The van der Waals surface area contributed by atoms with Crippen LogP contribution in [0.4, 0.5) is 0 Å². The zero-order chi connectivity index (χ0) is 15.0. The molecule has 0 aliphatic carbocycles. The zero-order valence-corrected chi connectivity index (χ0v) is 12.6. The van der Waals surface area contributed by atoms with Gasteiger partial charge >= 0.3 is 10.3 Å². The quantitative estimate of drug-likeness (QED) is 0.912. The van der Waals surface area contributed by atoms with E-state index in [0.29, 0.717) is 10.6 Å². The Kier molecular flexibility index (Phi) is 4.38. The standard InChI is InChI=1S/C12H16ClNO5S/c1-12(2)18-10(7-17-20(14,15)16)11(19-12)8-5-3-4-6-9(8)13/h3-6,10-11H,7H2,1-2H3,(H2,14,15,16)/t10-,11-/m0/s1. The van der Waals surface area contributed by atoms with Crippen LogP contribution in [-0.2, 0) is 24.0 Å². The summed E-state index contributed by atoms with van der Waals surface area (Å²) in [6.07, 6.45) is -1.15. The first-order chi connectivity index (χ1) is 9.18. The van der Waals surface area contributed by atoms with Crippen molar-refractivity contribution in [3.63, 3.8) is 0 Å². The second kappa shape index (κ2) is 5.59. The van der Waals surface area contributed by atoms with E-state index < -0.39 is 28.3 Å². The summed E-state index contributed by atoms with van der Waals surface area (Å²) in [5.74, 6) is -0.865. The van der Waals surface area contributed by atoms with Gasteiger partial charge in [0.1, 0.15) is 12.2 Å². The molecular formula is C12H16ClNO5S. The van der Waals surface area contributed by atoms with Gasteiger partial charge in [0.25, 0.3) is 0 Å². The van der Waals surface area contributed by atoms with Gasteiger partial charge in [-0.3, -0.25) is 4.18 Å². The lowest BCUT2D eigenvalue weighted by Crippen LogP contribution is -2.28. The molecule has 1 saturated heterocycles. The topological polar surface area (TPSA) is 87.9 Å². The van der Waals surface area contributed by atoms with Crippen LogP contribution in [-0.4, -0.2) is 26.9 Å². The maximum atomic E-state index is 10.9. The summed E-state index contributed by atoms with van der Waals surface area (Å²) in [6, 6.07) is 7.13. The summed E-state index contributed by atoms with van der Waals surface area (Å²) in [5.41, 5.74) is 0.711. The minimum Gasteiger partial charge on any atom is -0.342 e. The largest absolute Gasteiger partial charge is 0.342 e. The van der Waals surface area contributed by atoms with Crippen molar-refractivity contribution in [2.75, 3.05) is 6.61 Å². The maximum Gasteiger partial charge on any atom is 0.333 e. The summed E-state index contributed by atoms with van der Waals surface area (Å²) in [6.45, 7) is 3.22. The molecule has 2 N–H and O–H groups in total. The van der Waals surface area contributed by atoms with E-state index in [0.717, 1.165) is 0 Å². The molecule has 8 heteroatoms. The lowest BCUT2D eigenvalue weighted by atomic mass is 10.1. The minimum atomic E-state index is -4.03. The third-order valence-electron chi connectivity index (χ3n) is 2.79. The molecule has 2 rings (SSSR count). The number of nitrogens with two attached hydrogens (primary N) is 1. The van der Waals surface area contributed by atoms with Gasteiger partial charge in [-0.15, -0.1) is 0 Å². The monoisotopic (exact) mass is 321 g/mol. The van der Waals surface area contributed by atoms with Crippen LogP contribution in [0.3, 0.4) is 0 Å². The van der Waals surface area contributed by atoms with Gasteiger partial charge in [-0.2, -0.15) is 8.42 Å². The number of hydrogen-bond acceptors (Lipinski definition) is 5. The molecule has 1 aromatic carbocycles. The predicted octanol–water partition coefficient (Wildman–Crippen LogP) is 1.75. The van der Waals surface area contributed by atoms with E-state index in [-0.39, 0.29) is 6.61 Å². The van der Waals surface area contributed by atoms with Crippen molar-refractivity contribution in [3.8, 4) is 0 Å². The Balaban J connectivity index is 2.23. The third-order valence-corrected chi connectivity index (χ3v) is 3.60. The summed E-state index contributed by atoms with van der Waals surface area (Å²) in [5, 5.41) is 5.34. The van der Waals surface area contributed by atoms with E-state index >= 15 is 0 Å². The van der Waals surface area contributed by atoms with E-state index in [9.17, 15) is 8.42 Å². The number of rotatable bonds is 4. The summed E-state index contributed by atoms with van der Waals surface area (Å²) >= 11 is 6.13. The highest BCUT2D eigenvalue weighted by Gasteiger charge is 2.43. The summed E-state index contributed by atoms with van der Waals surface area (Å²) in [4.78, 5) is 0. The molecule has 1 heterocycles. The fourth-order valence-corrected chi connectivity index (χ4v) is 2.66. The average Bonchev–Trinajstić information content (AvgIpc) is 2.62. The Bertz CT molecular complexity index is 589. The molecule has 0 radical (unpaired) electrons. The first kappa shape index (κ1) is 15.7. The highest BCUT2D eigenvalue weighted by molar-refractivity contribution is 7.84. The minimum absolute atomic E-state index is 0.238. The molecule has 1 aliphatic rings. The van der Waals surface area contributed by atoms with Crippen molar-refractivity contribution in [3.05, 3.63) is 34.9 Å². The van der Waals surface area contributed by atoms with Crippen molar-refractivity contribution in [1.82, 2.24) is 0 Å².